The van der Waals surface area contributed by atoms with Gasteiger partial charge < -0.3 is 10.1 Å². The molecule has 1 aromatic heterocycles. The molecule has 0 bridgehead atoms. The molecule has 2 aromatic rings. The van der Waals surface area contributed by atoms with E-state index >= 15 is 0 Å². The molecule has 0 radical (unpaired) electrons. The van der Waals surface area contributed by atoms with E-state index in [2.05, 4.69) is 22.2 Å². The molecule has 4 nitrogen and oxygen atoms in total. The molecular formula is C15H18FN3O. The van der Waals surface area contributed by atoms with Crippen molar-refractivity contribution in [3.8, 4) is 5.75 Å². The Labute approximate surface area is 118 Å². The first-order valence-electron chi connectivity index (χ1n) is 6.67. The van der Waals surface area contributed by atoms with Crippen LogP contribution < -0.4 is 10.1 Å². The van der Waals surface area contributed by atoms with Crippen LogP contribution in [0.1, 0.15) is 24.7 Å². The van der Waals surface area contributed by atoms with Crippen molar-refractivity contribution in [2.45, 2.75) is 26.5 Å². The Bertz CT molecular complexity index is 534. The zero-order valence-electron chi connectivity index (χ0n) is 11.5. The summed E-state index contributed by atoms with van der Waals surface area (Å²) in [7, 11) is 0. The monoisotopic (exact) mass is 275 g/mol. The third kappa shape index (κ3) is 4.28. The second-order valence-corrected chi connectivity index (χ2v) is 4.40. The molecule has 0 unspecified atom stereocenters. The highest BCUT2D eigenvalue weighted by atomic mass is 19.1. The normalized spacial score (nSPS) is 10.5. The minimum atomic E-state index is -0.364. The molecule has 0 saturated carbocycles. The first kappa shape index (κ1) is 14.4. The molecule has 1 heterocycles. The second-order valence-electron chi connectivity index (χ2n) is 4.40. The van der Waals surface area contributed by atoms with E-state index in [1.807, 2.05) is 6.07 Å². The van der Waals surface area contributed by atoms with Gasteiger partial charge in [0, 0.05) is 18.9 Å². The van der Waals surface area contributed by atoms with Crippen LogP contribution in [0.4, 0.5) is 4.39 Å². The van der Waals surface area contributed by atoms with E-state index in [9.17, 15) is 4.39 Å². The minimum absolute atomic E-state index is 0.158. The van der Waals surface area contributed by atoms with Crippen molar-refractivity contribution in [3.05, 3.63) is 53.9 Å². The highest BCUT2D eigenvalue weighted by Crippen LogP contribution is 2.19. The van der Waals surface area contributed by atoms with E-state index in [4.69, 9.17) is 4.74 Å². The van der Waals surface area contributed by atoms with Gasteiger partial charge in [-0.3, -0.25) is 0 Å². The summed E-state index contributed by atoms with van der Waals surface area (Å²) >= 11 is 0. The lowest BCUT2D eigenvalue weighted by Crippen LogP contribution is -2.13. The van der Waals surface area contributed by atoms with Crippen molar-refractivity contribution in [2.75, 3.05) is 6.54 Å². The molecule has 0 aliphatic carbocycles. The van der Waals surface area contributed by atoms with Crippen LogP contribution in [0.2, 0.25) is 0 Å². The van der Waals surface area contributed by atoms with Gasteiger partial charge in [0.05, 0.1) is 0 Å². The smallest absolute Gasteiger partial charge is 0.166 e. The van der Waals surface area contributed by atoms with E-state index < -0.39 is 0 Å². The molecule has 0 spiro atoms. The Kier molecular flexibility index (Phi) is 5.43. The Morgan fingerprint density at radius 3 is 2.75 bits per heavy atom. The van der Waals surface area contributed by atoms with Crippen LogP contribution in [0.5, 0.6) is 5.75 Å². The summed E-state index contributed by atoms with van der Waals surface area (Å²) in [5, 5.41) is 3.23. The van der Waals surface area contributed by atoms with Gasteiger partial charge in [0.1, 0.15) is 6.61 Å². The van der Waals surface area contributed by atoms with Gasteiger partial charge >= 0.3 is 0 Å². The lowest BCUT2D eigenvalue weighted by atomic mass is 10.2. The number of nitrogens with zero attached hydrogens (tertiary/aromatic N) is 2. The molecule has 20 heavy (non-hydrogen) atoms. The number of ether oxygens (including phenoxy) is 1. The first-order chi connectivity index (χ1) is 9.79. The molecule has 0 aliphatic heterocycles. The van der Waals surface area contributed by atoms with Gasteiger partial charge in [-0.2, -0.15) is 0 Å². The highest BCUT2D eigenvalue weighted by Gasteiger charge is 2.06. The average Bonchev–Trinajstić information content (AvgIpc) is 2.48. The van der Waals surface area contributed by atoms with Gasteiger partial charge in [0.25, 0.3) is 0 Å². The summed E-state index contributed by atoms with van der Waals surface area (Å²) in [6, 6.07) is 6.71. The van der Waals surface area contributed by atoms with Crippen LogP contribution in [0.25, 0.3) is 0 Å². The van der Waals surface area contributed by atoms with Crippen molar-refractivity contribution in [3.63, 3.8) is 0 Å². The van der Waals surface area contributed by atoms with Crippen molar-refractivity contribution in [2.24, 2.45) is 0 Å². The number of benzene rings is 1. The Balaban J connectivity index is 1.92. The average molecular weight is 275 g/mol. The van der Waals surface area contributed by atoms with Gasteiger partial charge in [-0.05, 0) is 36.7 Å². The standard InChI is InChI=1S/C15H18FN3O/c1-2-6-17-10-12-4-5-14(13(16)9-12)20-11-15-18-7-3-8-19-15/h3-5,7-9,17H,2,6,10-11H2,1H3. The molecule has 5 heteroatoms. The van der Waals surface area contributed by atoms with Crippen molar-refractivity contribution >= 4 is 0 Å². The third-order valence-electron chi connectivity index (χ3n) is 2.73. The predicted octanol–water partition coefficient (Wildman–Crippen LogP) is 2.69. The van der Waals surface area contributed by atoms with Crippen molar-refractivity contribution < 1.29 is 9.13 Å². The Hall–Kier alpha value is -2.01. The molecule has 106 valence electrons. The fourth-order valence-electron chi connectivity index (χ4n) is 1.73. The summed E-state index contributed by atoms with van der Waals surface area (Å²) < 4.78 is 19.3. The quantitative estimate of drug-likeness (QED) is 0.789. The van der Waals surface area contributed by atoms with Crippen molar-refractivity contribution in [1.82, 2.24) is 15.3 Å². The van der Waals surface area contributed by atoms with Crippen LogP contribution in [0, 0.1) is 5.82 Å². The number of aromatic nitrogens is 2. The van der Waals surface area contributed by atoms with E-state index in [-0.39, 0.29) is 18.2 Å². The van der Waals surface area contributed by atoms with Crippen LogP contribution in [-0.2, 0) is 13.2 Å². The minimum Gasteiger partial charge on any atom is -0.483 e. The lowest BCUT2D eigenvalue weighted by molar-refractivity contribution is 0.281. The van der Waals surface area contributed by atoms with E-state index in [1.165, 1.54) is 6.07 Å². The van der Waals surface area contributed by atoms with Gasteiger partial charge in [-0.1, -0.05) is 13.0 Å². The SMILES string of the molecule is CCCNCc1ccc(OCc2ncccn2)c(F)c1. The third-order valence-corrected chi connectivity index (χ3v) is 2.73. The van der Waals surface area contributed by atoms with Crippen LogP contribution in [0.15, 0.2) is 36.7 Å². The zero-order chi connectivity index (χ0) is 14.2. The molecule has 0 atom stereocenters. The molecule has 1 aromatic carbocycles. The molecule has 0 aliphatic rings. The van der Waals surface area contributed by atoms with Gasteiger partial charge in [0.2, 0.25) is 0 Å². The first-order valence-corrected chi connectivity index (χ1v) is 6.67. The van der Waals surface area contributed by atoms with Crippen LogP contribution in [-0.4, -0.2) is 16.5 Å². The van der Waals surface area contributed by atoms with Crippen molar-refractivity contribution in [1.29, 1.82) is 0 Å². The largest absolute Gasteiger partial charge is 0.483 e. The van der Waals surface area contributed by atoms with E-state index in [0.717, 1.165) is 18.5 Å². The van der Waals surface area contributed by atoms with Crippen LogP contribution in [0.3, 0.4) is 0 Å². The molecule has 2 rings (SSSR count). The number of rotatable bonds is 7. The fourth-order valence-corrected chi connectivity index (χ4v) is 1.73. The van der Waals surface area contributed by atoms with Gasteiger partial charge in [-0.25, -0.2) is 14.4 Å². The van der Waals surface area contributed by atoms with E-state index in [0.29, 0.717) is 12.4 Å². The van der Waals surface area contributed by atoms with Crippen LogP contribution >= 0.6 is 0 Å². The van der Waals surface area contributed by atoms with E-state index in [1.54, 1.807) is 24.5 Å². The number of hydrogen-bond donors (Lipinski definition) is 1. The number of hydrogen-bond acceptors (Lipinski definition) is 4. The maximum absolute atomic E-state index is 13.9. The Morgan fingerprint density at radius 2 is 2.05 bits per heavy atom. The summed E-state index contributed by atoms with van der Waals surface area (Å²) in [5.41, 5.74) is 0.902. The number of nitrogens with one attached hydrogen (secondary N) is 1. The van der Waals surface area contributed by atoms with Gasteiger partial charge in [-0.15, -0.1) is 0 Å². The summed E-state index contributed by atoms with van der Waals surface area (Å²) in [6.07, 6.45) is 4.32. The maximum Gasteiger partial charge on any atom is 0.166 e. The topological polar surface area (TPSA) is 47.0 Å². The zero-order valence-corrected chi connectivity index (χ0v) is 11.5. The molecule has 1 N–H and O–H groups in total. The molecule has 0 fully saturated rings. The second kappa shape index (κ2) is 7.55. The maximum atomic E-state index is 13.9. The molecule has 0 saturated heterocycles. The molecular weight excluding hydrogens is 257 g/mol. The summed E-state index contributed by atoms with van der Waals surface area (Å²) in [5.74, 6) is 0.383. The molecule has 0 amide bonds. The lowest BCUT2D eigenvalue weighted by Gasteiger charge is -2.08. The Morgan fingerprint density at radius 1 is 1.25 bits per heavy atom. The fraction of sp³-hybridized carbons (Fsp3) is 0.333. The summed E-state index contributed by atoms with van der Waals surface area (Å²) in [4.78, 5) is 8.04. The predicted molar refractivity (Wildman–Crippen MR) is 74.8 cm³/mol. The summed E-state index contributed by atoms with van der Waals surface area (Å²) in [6.45, 7) is 3.83. The highest BCUT2D eigenvalue weighted by molar-refractivity contribution is 5.29. The number of halogens is 1. The van der Waals surface area contributed by atoms with Gasteiger partial charge in [0.15, 0.2) is 17.4 Å².